The van der Waals surface area contributed by atoms with E-state index in [1.165, 1.54) is 35.3 Å². The molecular formula is C16H21N3S. The van der Waals surface area contributed by atoms with Gasteiger partial charge in [-0.25, -0.2) is 0 Å². The SMILES string of the molecule is CCCc1nn(C)c(Sc2ccc3c(c2)CCC3)c1N. The van der Waals surface area contributed by atoms with E-state index >= 15 is 0 Å². The molecule has 1 aromatic heterocycles. The summed E-state index contributed by atoms with van der Waals surface area (Å²) < 4.78 is 1.91. The van der Waals surface area contributed by atoms with Gasteiger partial charge in [0.2, 0.25) is 0 Å². The molecule has 3 rings (SSSR count). The molecule has 0 amide bonds. The molecule has 0 saturated heterocycles. The Morgan fingerprint density at radius 3 is 2.90 bits per heavy atom. The minimum absolute atomic E-state index is 0.847. The molecule has 1 aromatic carbocycles. The van der Waals surface area contributed by atoms with Crippen LogP contribution in [-0.2, 0) is 26.3 Å². The van der Waals surface area contributed by atoms with Gasteiger partial charge in [0.15, 0.2) is 0 Å². The molecule has 2 aromatic rings. The van der Waals surface area contributed by atoms with Crippen molar-refractivity contribution in [3.05, 3.63) is 35.0 Å². The van der Waals surface area contributed by atoms with Crippen LogP contribution in [0.4, 0.5) is 5.69 Å². The molecule has 0 spiro atoms. The molecule has 0 fully saturated rings. The van der Waals surface area contributed by atoms with Gasteiger partial charge in [-0.15, -0.1) is 0 Å². The molecule has 20 heavy (non-hydrogen) atoms. The summed E-state index contributed by atoms with van der Waals surface area (Å²) in [4.78, 5) is 1.27. The van der Waals surface area contributed by atoms with Gasteiger partial charge >= 0.3 is 0 Å². The molecule has 1 aliphatic rings. The Morgan fingerprint density at radius 1 is 1.30 bits per heavy atom. The highest BCUT2D eigenvalue weighted by Crippen LogP contribution is 2.36. The third-order valence-corrected chi connectivity index (χ3v) is 5.04. The molecule has 0 aliphatic heterocycles. The largest absolute Gasteiger partial charge is 0.395 e. The van der Waals surface area contributed by atoms with Crippen LogP contribution in [0.2, 0.25) is 0 Å². The lowest BCUT2D eigenvalue weighted by Gasteiger charge is -2.06. The molecule has 3 nitrogen and oxygen atoms in total. The minimum Gasteiger partial charge on any atom is -0.395 e. The number of aryl methyl sites for hydroxylation is 4. The first-order valence-corrected chi connectivity index (χ1v) is 8.11. The van der Waals surface area contributed by atoms with Crippen LogP contribution >= 0.6 is 11.8 Å². The number of fused-ring (bicyclic) bond motifs is 1. The summed E-state index contributed by atoms with van der Waals surface area (Å²) in [6.07, 6.45) is 5.76. The van der Waals surface area contributed by atoms with E-state index in [0.717, 1.165) is 29.2 Å². The van der Waals surface area contributed by atoms with Crippen molar-refractivity contribution in [1.82, 2.24) is 9.78 Å². The molecule has 0 saturated carbocycles. The van der Waals surface area contributed by atoms with Gasteiger partial charge in [0.05, 0.1) is 11.4 Å². The van der Waals surface area contributed by atoms with Crippen molar-refractivity contribution in [3.8, 4) is 0 Å². The van der Waals surface area contributed by atoms with Crippen LogP contribution in [0.1, 0.15) is 36.6 Å². The van der Waals surface area contributed by atoms with Crippen LogP contribution in [0, 0.1) is 0 Å². The molecule has 1 heterocycles. The standard InChI is InChI=1S/C16H21N3S/c1-3-5-14-15(17)16(19(2)18-14)20-13-9-8-11-6-4-7-12(11)10-13/h8-10H,3-7,17H2,1-2H3. The smallest absolute Gasteiger partial charge is 0.122 e. The predicted molar refractivity (Wildman–Crippen MR) is 84.2 cm³/mol. The summed E-state index contributed by atoms with van der Waals surface area (Å²) in [6.45, 7) is 2.15. The second-order valence-electron chi connectivity index (χ2n) is 5.43. The van der Waals surface area contributed by atoms with Crippen LogP contribution in [0.5, 0.6) is 0 Å². The van der Waals surface area contributed by atoms with E-state index in [2.05, 4.69) is 30.2 Å². The summed E-state index contributed by atoms with van der Waals surface area (Å²) in [7, 11) is 1.98. The van der Waals surface area contributed by atoms with E-state index in [9.17, 15) is 0 Å². The zero-order valence-electron chi connectivity index (χ0n) is 12.1. The van der Waals surface area contributed by atoms with Crippen molar-refractivity contribution >= 4 is 17.4 Å². The maximum absolute atomic E-state index is 6.25. The zero-order chi connectivity index (χ0) is 14.1. The Hall–Kier alpha value is -1.42. The highest BCUT2D eigenvalue weighted by Gasteiger charge is 2.16. The molecule has 1 aliphatic carbocycles. The van der Waals surface area contributed by atoms with Gasteiger partial charge in [0.25, 0.3) is 0 Å². The van der Waals surface area contributed by atoms with E-state index in [1.54, 1.807) is 11.8 Å². The Balaban J connectivity index is 1.87. The predicted octanol–water partition coefficient (Wildman–Crippen LogP) is 3.59. The van der Waals surface area contributed by atoms with Gasteiger partial charge in [0, 0.05) is 11.9 Å². The van der Waals surface area contributed by atoms with E-state index < -0.39 is 0 Å². The average molecular weight is 287 g/mol. The Kier molecular flexibility index (Phi) is 3.74. The number of hydrogen-bond acceptors (Lipinski definition) is 3. The Bertz CT molecular complexity index is 631. The third kappa shape index (κ3) is 2.44. The Morgan fingerprint density at radius 2 is 2.10 bits per heavy atom. The molecule has 0 bridgehead atoms. The fraction of sp³-hybridized carbons (Fsp3) is 0.438. The first-order chi connectivity index (χ1) is 9.69. The van der Waals surface area contributed by atoms with Crippen molar-refractivity contribution in [2.75, 3.05) is 5.73 Å². The van der Waals surface area contributed by atoms with Gasteiger partial charge in [-0.2, -0.15) is 5.10 Å². The first kappa shape index (κ1) is 13.6. The quantitative estimate of drug-likeness (QED) is 0.934. The summed E-state index contributed by atoms with van der Waals surface area (Å²) in [5.41, 5.74) is 11.1. The van der Waals surface area contributed by atoms with Crippen LogP contribution in [0.15, 0.2) is 28.1 Å². The average Bonchev–Trinajstić information content (AvgIpc) is 2.99. The van der Waals surface area contributed by atoms with E-state index in [4.69, 9.17) is 5.73 Å². The number of hydrogen-bond donors (Lipinski definition) is 1. The monoisotopic (exact) mass is 287 g/mol. The molecule has 106 valence electrons. The third-order valence-electron chi connectivity index (χ3n) is 3.88. The van der Waals surface area contributed by atoms with Gasteiger partial charge < -0.3 is 5.73 Å². The number of nitrogens with zero attached hydrogens (tertiary/aromatic N) is 2. The summed E-state index contributed by atoms with van der Waals surface area (Å²) in [6, 6.07) is 6.80. The summed E-state index contributed by atoms with van der Waals surface area (Å²) in [5, 5.41) is 5.60. The lowest BCUT2D eigenvalue weighted by molar-refractivity contribution is 0.682. The van der Waals surface area contributed by atoms with E-state index in [0.29, 0.717) is 0 Å². The Labute approximate surface area is 124 Å². The van der Waals surface area contributed by atoms with Gasteiger partial charge in [0.1, 0.15) is 5.03 Å². The van der Waals surface area contributed by atoms with Gasteiger partial charge in [-0.1, -0.05) is 31.2 Å². The second kappa shape index (κ2) is 5.52. The van der Waals surface area contributed by atoms with Crippen molar-refractivity contribution in [2.45, 2.75) is 48.9 Å². The number of nitrogens with two attached hydrogens (primary N) is 1. The zero-order valence-corrected chi connectivity index (χ0v) is 13.0. The summed E-state index contributed by atoms with van der Waals surface area (Å²) in [5.74, 6) is 0. The fourth-order valence-electron chi connectivity index (χ4n) is 2.84. The number of anilines is 1. The fourth-order valence-corrected chi connectivity index (χ4v) is 3.81. The highest BCUT2D eigenvalue weighted by molar-refractivity contribution is 7.99. The maximum Gasteiger partial charge on any atom is 0.122 e. The lowest BCUT2D eigenvalue weighted by atomic mass is 10.1. The normalized spacial score (nSPS) is 13.7. The number of benzene rings is 1. The highest BCUT2D eigenvalue weighted by atomic mass is 32.2. The summed E-state index contributed by atoms with van der Waals surface area (Å²) >= 11 is 1.73. The molecule has 4 heteroatoms. The van der Waals surface area contributed by atoms with Crippen molar-refractivity contribution < 1.29 is 0 Å². The van der Waals surface area contributed by atoms with E-state index in [1.807, 2.05) is 11.7 Å². The minimum atomic E-state index is 0.847. The molecule has 0 unspecified atom stereocenters. The van der Waals surface area contributed by atoms with Crippen molar-refractivity contribution in [3.63, 3.8) is 0 Å². The molecule has 2 N–H and O–H groups in total. The second-order valence-corrected chi connectivity index (χ2v) is 6.49. The van der Waals surface area contributed by atoms with Crippen LogP contribution in [-0.4, -0.2) is 9.78 Å². The number of rotatable bonds is 4. The molecular weight excluding hydrogens is 266 g/mol. The first-order valence-electron chi connectivity index (χ1n) is 7.30. The van der Waals surface area contributed by atoms with Crippen LogP contribution < -0.4 is 5.73 Å². The van der Waals surface area contributed by atoms with E-state index in [-0.39, 0.29) is 0 Å². The van der Waals surface area contributed by atoms with Gasteiger partial charge in [-0.3, -0.25) is 4.68 Å². The van der Waals surface area contributed by atoms with Crippen molar-refractivity contribution in [2.24, 2.45) is 7.05 Å². The lowest BCUT2D eigenvalue weighted by Crippen LogP contribution is -1.94. The van der Waals surface area contributed by atoms with Crippen LogP contribution in [0.3, 0.4) is 0 Å². The number of aromatic nitrogens is 2. The molecule has 0 radical (unpaired) electrons. The topological polar surface area (TPSA) is 43.8 Å². The van der Waals surface area contributed by atoms with Gasteiger partial charge in [-0.05, 0) is 48.9 Å². The van der Waals surface area contributed by atoms with Crippen molar-refractivity contribution in [1.29, 1.82) is 0 Å². The maximum atomic E-state index is 6.25. The number of nitrogen functional groups attached to an aromatic ring is 1. The molecule has 0 atom stereocenters. The van der Waals surface area contributed by atoms with Crippen LogP contribution in [0.25, 0.3) is 0 Å².